The van der Waals surface area contributed by atoms with Crippen LogP contribution in [0.15, 0.2) is 67.4 Å². The van der Waals surface area contributed by atoms with Crippen LogP contribution in [0.5, 0.6) is 0 Å². The van der Waals surface area contributed by atoms with Crippen molar-refractivity contribution in [2.45, 2.75) is 20.8 Å². The minimum Gasteiger partial charge on any atom is -0.358 e. The molecule has 0 aliphatic heterocycles. The Kier molecular flexibility index (Phi) is 5.34. The van der Waals surface area contributed by atoms with Crippen LogP contribution in [-0.4, -0.2) is 35.1 Å². The van der Waals surface area contributed by atoms with E-state index in [1.165, 1.54) is 4.88 Å². The lowest BCUT2D eigenvalue weighted by molar-refractivity contribution is 0.778. The van der Waals surface area contributed by atoms with Crippen molar-refractivity contribution in [3.8, 4) is 33.2 Å². The lowest BCUT2D eigenvalue weighted by Crippen LogP contribution is -2.04. The second kappa shape index (κ2) is 8.69. The fraction of sp³-hybridized carbons (Fsp3) is 0.148. The van der Waals surface area contributed by atoms with Gasteiger partial charge in [0, 0.05) is 39.0 Å². The summed E-state index contributed by atoms with van der Waals surface area (Å²) in [7, 11) is 0. The van der Waals surface area contributed by atoms with E-state index in [0.717, 1.165) is 55.1 Å². The molecule has 0 aliphatic rings. The number of aryl methyl sites for hydroxylation is 1. The Hall–Kier alpha value is -4.37. The van der Waals surface area contributed by atoms with E-state index in [4.69, 9.17) is 9.97 Å². The van der Waals surface area contributed by atoms with E-state index in [9.17, 15) is 0 Å². The molecule has 36 heavy (non-hydrogen) atoms. The highest BCUT2D eigenvalue weighted by Crippen LogP contribution is 2.34. The number of hydrogen-bond donors (Lipinski definition) is 3. The van der Waals surface area contributed by atoms with Crippen molar-refractivity contribution in [2.75, 3.05) is 5.32 Å². The van der Waals surface area contributed by atoms with Gasteiger partial charge in [-0.05, 0) is 43.2 Å². The van der Waals surface area contributed by atoms with Gasteiger partial charge in [-0.15, -0.1) is 11.3 Å². The number of fused-ring (bicyclic) bond motifs is 2. The van der Waals surface area contributed by atoms with Gasteiger partial charge in [-0.25, -0.2) is 9.97 Å². The monoisotopic (exact) mass is 492 g/mol. The maximum absolute atomic E-state index is 4.93. The molecule has 0 atom stereocenters. The molecule has 0 aromatic carbocycles. The number of hydrogen-bond acceptors (Lipinski definition) is 7. The maximum Gasteiger partial charge on any atom is 0.161 e. The SMILES string of the molecule is C=C(Nc1cncc(-c2ccc3[nH]nc(-c4nc5c(-c6ccc(C)s6)cncc5[nH]4)c3n2)c1)C(C)C. The predicted molar refractivity (Wildman–Crippen MR) is 146 cm³/mol. The van der Waals surface area contributed by atoms with Crippen LogP contribution in [0.3, 0.4) is 0 Å². The summed E-state index contributed by atoms with van der Waals surface area (Å²) in [6, 6.07) is 10.2. The van der Waals surface area contributed by atoms with E-state index in [1.807, 2.05) is 24.4 Å². The Balaban J connectivity index is 1.41. The van der Waals surface area contributed by atoms with Gasteiger partial charge < -0.3 is 10.3 Å². The number of thiophene rings is 1. The average Bonchev–Trinajstić information content (AvgIpc) is 3.61. The van der Waals surface area contributed by atoms with Gasteiger partial charge >= 0.3 is 0 Å². The minimum atomic E-state index is 0.319. The molecule has 0 fully saturated rings. The summed E-state index contributed by atoms with van der Waals surface area (Å²) in [4.78, 5) is 24.4. The molecule has 6 aromatic heterocycles. The quantitative estimate of drug-likeness (QED) is 0.242. The van der Waals surface area contributed by atoms with Gasteiger partial charge in [-0.1, -0.05) is 20.4 Å². The standard InChI is InChI=1S/C27H24N8S/c1-14(2)16(4)30-18-9-17(10-28-11-18)20-6-7-21-25(31-20)26(35-34-21)27-32-22-13-29-12-19(24(22)33-27)23-8-5-15(3)36-23/h5-14,30H,4H2,1-3H3,(H,32,33)(H,34,35). The zero-order chi connectivity index (χ0) is 24.8. The molecule has 6 rings (SSSR count). The number of allylic oxidation sites excluding steroid dienone is 1. The number of nitrogens with zero attached hydrogens (tertiary/aromatic N) is 5. The number of anilines is 1. The van der Waals surface area contributed by atoms with E-state index in [-0.39, 0.29) is 0 Å². The smallest absolute Gasteiger partial charge is 0.161 e. The first-order chi connectivity index (χ1) is 17.5. The first-order valence-electron chi connectivity index (χ1n) is 11.6. The molecule has 0 aliphatic carbocycles. The first kappa shape index (κ1) is 22.1. The van der Waals surface area contributed by atoms with Crippen LogP contribution in [0.4, 0.5) is 5.69 Å². The molecule has 0 radical (unpaired) electrons. The number of aromatic nitrogens is 7. The van der Waals surface area contributed by atoms with Gasteiger partial charge in [0.2, 0.25) is 0 Å². The second-order valence-corrected chi connectivity index (χ2v) is 10.3. The van der Waals surface area contributed by atoms with E-state index < -0.39 is 0 Å². The maximum atomic E-state index is 4.93. The lowest BCUT2D eigenvalue weighted by Gasteiger charge is -2.13. The summed E-state index contributed by atoms with van der Waals surface area (Å²) in [6.07, 6.45) is 7.24. The molecule has 0 spiro atoms. The third-order valence-electron chi connectivity index (χ3n) is 6.07. The summed E-state index contributed by atoms with van der Waals surface area (Å²) in [5, 5.41) is 11.0. The van der Waals surface area contributed by atoms with Crippen molar-refractivity contribution >= 4 is 39.1 Å². The third-order valence-corrected chi connectivity index (χ3v) is 7.10. The van der Waals surface area contributed by atoms with Gasteiger partial charge in [0.05, 0.1) is 34.8 Å². The van der Waals surface area contributed by atoms with Crippen LogP contribution in [0.25, 0.3) is 55.3 Å². The molecule has 6 aromatic rings. The van der Waals surface area contributed by atoms with Gasteiger partial charge in [0.15, 0.2) is 11.5 Å². The summed E-state index contributed by atoms with van der Waals surface area (Å²) >= 11 is 1.73. The molecule has 0 amide bonds. The Labute approximate surface area is 211 Å². The van der Waals surface area contributed by atoms with E-state index in [2.05, 4.69) is 69.9 Å². The Morgan fingerprint density at radius 2 is 1.83 bits per heavy atom. The Morgan fingerprint density at radius 1 is 0.972 bits per heavy atom. The molecular formula is C27H24N8S. The van der Waals surface area contributed by atoms with Crippen LogP contribution in [-0.2, 0) is 0 Å². The van der Waals surface area contributed by atoms with Crippen molar-refractivity contribution < 1.29 is 0 Å². The van der Waals surface area contributed by atoms with E-state index in [1.54, 1.807) is 29.9 Å². The highest BCUT2D eigenvalue weighted by Gasteiger charge is 2.18. The Morgan fingerprint density at radius 3 is 2.64 bits per heavy atom. The average molecular weight is 493 g/mol. The van der Waals surface area contributed by atoms with Crippen molar-refractivity contribution in [1.82, 2.24) is 35.1 Å². The highest BCUT2D eigenvalue weighted by atomic mass is 32.1. The number of rotatable bonds is 6. The van der Waals surface area contributed by atoms with Crippen LogP contribution in [0, 0.1) is 12.8 Å². The summed E-state index contributed by atoms with van der Waals surface area (Å²) in [5.41, 5.74) is 8.45. The van der Waals surface area contributed by atoms with Gasteiger partial charge in [-0.3, -0.25) is 15.1 Å². The number of H-pyrrole nitrogens is 2. The molecule has 0 saturated heterocycles. The van der Waals surface area contributed by atoms with Crippen molar-refractivity contribution in [3.05, 3.63) is 72.3 Å². The fourth-order valence-corrected chi connectivity index (χ4v) is 4.89. The molecule has 0 saturated carbocycles. The van der Waals surface area contributed by atoms with E-state index in [0.29, 0.717) is 17.4 Å². The van der Waals surface area contributed by atoms with Crippen molar-refractivity contribution in [3.63, 3.8) is 0 Å². The summed E-state index contributed by atoms with van der Waals surface area (Å²) < 4.78 is 0. The topological polar surface area (TPSA) is 108 Å². The third kappa shape index (κ3) is 3.93. The van der Waals surface area contributed by atoms with Gasteiger partial charge in [0.1, 0.15) is 11.0 Å². The molecule has 6 heterocycles. The summed E-state index contributed by atoms with van der Waals surface area (Å²) in [5.74, 6) is 0.963. The molecule has 8 nitrogen and oxygen atoms in total. The highest BCUT2D eigenvalue weighted by molar-refractivity contribution is 7.15. The number of pyridine rings is 3. The van der Waals surface area contributed by atoms with Crippen LogP contribution in [0.2, 0.25) is 0 Å². The summed E-state index contributed by atoms with van der Waals surface area (Å²) in [6.45, 7) is 10.4. The molecule has 0 unspecified atom stereocenters. The Bertz CT molecular complexity index is 1740. The van der Waals surface area contributed by atoms with Crippen LogP contribution < -0.4 is 5.32 Å². The zero-order valence-electron chi connectivity index (χ0n) is 20.1. The number of nitrogens with one attached hydrogen (secondary N) is 3. The number of aromatic amines is 2. The molecule has 178 valence electrons. The lowest BCUT2D eigenvalue weighted by atomic mass is 10.1. The van der Waals surface area contributed by atoms with Crippen molar-refractivity contribution in [2.24, 2.45) is 5.92 Å². The largest absolute Gasteiger partial charge is 0.358 e. The predicted octanol–water partition coefficient (Wildman–Crippen LogP) is 6.58. The van der Waals surface area contributed by atoms with Gasteiger partial charge in [-0.2, -0.15) is 5.10 Å². The van der Waals surface area contributed by atoms with Crippen LogP contribution in [0.1, 0.15) is 18.7 Å². The second-order valence-electron chi connectivity index (χ2n) is 9.01. The van der Waals surface area contributed by atoms with Crippen LogP contribution >= 0.6 is 11.3 Å². The van der Waals surface area contributed by atoms with Crippen molar-refractivity contribution in [1.29, 1.82) is 0 Å². The fourth-order valence-electron chi connectivity index (χ4n) is 4.01. The molecule has 3 N–H and O–H groups in total. The normalized spacial score (nSPS) is 11.6. The minimum absolute atomic E-state index is 0.319. The van der Waals surface area contributed by atoms with E-state index >= 15 is 0 Å². The molecular weight excluding hydrogens is 468 g/mol. The molecule has 9 heteroatoms. The number of imidazole rings is 1. The van der Waals surface area contributed by atoms with Gasteiger partial charge in [0.25, 0.3) is 0 Å². The molecule has 0 bridgehead atoms. The first-order valence-corrected chi connectivity index (χ1v) is 12.4. The zero-order valence-corrected chi connectivity index (χ0v) is 20.9.